The maximum Gasteiger partial charge on any atom is 0.326 e. The fourth-order valence-electron chi connectivity index (χ4n) is 8.05. The van der Waals surface area contributed by atoms with Crippen LogP contribution in [0.1, 0.15) is 64.2 Å². The van der Waals surface area contributed by atoms with Crippen molar-refractivity contribution >= 4 is 61.6 Å². The molecule has 10 nitrogen and oxygen atoms in total. The van der Waals surface area contributed by atoms with Crippen LogP contribution in [-0.2, 0) is 26.2 Å². The lowest BCUT2D eigenvalue weighted by Gasteiger charge is -2.43. The largest absolute Gasteiger partial charge is 0.496 e. The molecule has 54 heavy (non-hydrogen) atoms. The number of nitrogens with zero attached hydrogens (tertiary/aromatic N) is 1. The van der Waals surface area contributed by atoms with Crippen LogP contribution in [-0.4, -0.2) is 71.0 Å². The lowest BCUT2D eigenvalue weighted by Crippen LogP contribution is -2.54. The molecule has 4 N–H and O–H groups in total. The summed E-state index contributed by atoms with van der Waals surface area (Å²) in [5, 5.41) is 17.3. The molecule has 3 atom stereocenters. The Bertz CT molecular complexity index is 2120. The summed E-state index contributed by atoms with van der Waals surface area (Å²) in [5.41, 5.74) is 3.18. The molecule has 1 aliphatic carbocycles. The molecule has 5 aromatic rings. The highest BCUT2D eigenvalue weighted by atomic mass is 32.1. The number of nitrogens with one attached hydrogen (secondary N) is 3. The molecular formula is C42H46N4O6S2. The molecule has 1 aliphatic heterocycles. The Morgan fingerprint density at radius 2 is 1.54 bits per heavy atom. The number of amides is 3. The number of fused-ring (bicyclic) bond motifs is 2. The molecule has 1 aromatic heterocycles. The van der Waals surface area contributed by atoms with Gasteiger partial charge in [0, 0.05) is 42.7 Å². The standard InChI is InChI=1S/C42H42N4O6.2H2S/c1-52-37-18-10-7-15-33(37)38(47)44-29-20-23-46(24-21-29)39(48)32-19-22-42(28-11-3-2-4-12-28,34-16-8-5-14-31(32)34)41(51)45-36(40(49)50)25-27-26-43-35-17-9-6-13-30(27)35;;/h2-18,26,29,32,36,43H,19-25H2,1H3,(H,44,47)(H,45,51)(H,49,50);2*1H2/t32-,36-,42+;;/m0../s1. The third-order valence-corrected chi connectivity index (χ3v) is 10.8. The number of para-hydroxylation sites is 2. The van der Waals surface area contributed by atoms with Crippen LogP contribution in [0, 0.1) is 0 Å². The summed E-state index contributed by atoms with van der Waals surface area (Å²) in [6, 6.07) is 30.5. The summed E-state index contributed by atoms with van der Waals surface area (Å²) in [6.07, 6.45) is 3.86. The predicted molar refractivity (Wildman–Crippen MR) is 218 cm³/mol. The number of benzene rings is 4. The van der Waals surface area contributed by atoms with Crippen LogP contribution in [0.5, 0.6) is 5.75 Å². The number of aromatic nitrogens is 1. The zero-order chi connectivity index (χ0) is 36.2. The summed E-state index contributed by atoms with van der Waals surface area (Å²) in [7, 11) is 1.54. The number of carbonyl (C=O) groups is 4. The first-order valence-corrected chi connectivity index (χ1v) is 17.8. The molecule has 2 aliphatic rings. The number of likely N-dealkylation sites (tertiary alicyclic amines) is 1. The van der Waals surface area contributed by atoms with Crippen LogP contribution in [0.2, 0.25) is 0 Å². The normalized spacial score (nSPS) is 18.6. The quantitative estimate of drug-likeness (QED) is 0.142. The number of carboxylic acid groups (broad SMARTS) is 1. The Morgan fingerprint density at radius 1 is 0.870 bits per heavy atom. The van der Waals surface area contributed by atoms with Crippen LogP contribution < -0.4 is 15.4 Å². The Balaban J connectivity index is 0.00000280. The fourth-order valence-corrected chi connectivity index (χ4v) is 8.05. The van der Waals surface area contributed by atoms with E-state index in [0.29, 0.717) is 55.6 Å². The highest BCUT2D eigenvalue weighted by Crippen LogP contribution is 2.48. The van der Waals surface area contributed by atoms with E-state index >= 15 is 0 Å². The number of ether oxygens (including phenoxy) is 1. The van der Waals surface area contributed by atoms with Crippen molar-refractivity contribution in [3.63, 3.8) is 0 Å². The number of H-pyrrole nitrogens is 1. The second-order valence-electron chi connectivity index (χ2n) is 13.7. The molecule has 4 aromatic carbocycles. The average molecular weight is 767 g/mol. The zero-order valence-corrected chi connectivity index (χ0v) is 32.0. The molecule has 1 saturated heterocycles. The van der Waals surface area contributed by atoms with E-state index in [0.717, 1.165) is 27.6 Å². The van der Waals surface area contributed by atoms with Gasteiger partial charge in [-0.15, -0.1) is 0 Å². The van der Waals surface area contributed by atoms with Gasteiger partial charge in [0.25, 0.3) is 5.91 Å². The van der Waals surface area contributed by atoms with Crippen molar-refractivity contribution in [1.82, 2.24) is 20.5 Å². The maximum atomic E-state index is 14.7. The molecule has 0 bridgehead atoms. The van der Waals surface area contributed by atoms with E-state index < -0.39 is 29.3 Å². The van der Waals surface area contributed by atoms with Crippen molar-refractivity contribution in [3.05, 3.63) is 137 Å². The molecule has 12 heteroatoms. The molecule has 0 radical (unpaired) electrons. The summed E-state index contributed by atoms with van der Waals surface area (Å²) < 4.78 is 5.36. The van der Waals surface area contributed by atoms with E-state index in [2.05, 4.69) is 15.6 Å². The van der Waals surface area contributed by atoms with E-state index in [9.17, 15) is 24.3 Å². The minimum absolute atomic E-state index is 0. The number of hydrogen-bond donors (Lipinski definition) is 4. The number of piperidine rings is 1. The van der Waals surface area contributed by atoms with E-state index in [1.54, 1.807) is 24.4 Å². The van der Waals surface area contributed by atoms with Gasteiger partial charge in [0.1, 0.15) is 11.8 Å². The average Bonchev–Trinajstić information content (AvgIpc) is 3.60. The Hall–Kier alpha value is -5.20. The predicted octanol–water partition coefficient (Wildman–Crippen LogP) is 5.80. The molecular weight excluding hydrogens is 721 g/mol. The summed E-state index contributed by atoms with van der Waals surface area (Å²) >= 11 is 0. The van der Waals surface area contributed by atoms with Crippen LogP contribution >= 0.6 is 27.0 Å². The van der Waals surface area contributed by atoms with Gasteiger partial charge in [0.15, 0.2) is 0 Å². The van der Waals surface area contributed by atoms with Crippen LogP contribution in [0.15, 0.2) is 109 Å². The molecule has 0 unspecified atom stereocenters. The number of methoxy groups -OCH3 is 1. The van der Waals surface area contributed by atoms with Crippen molar-refractivity contribution in [2.45, 2.75) is 55.5 Å². The highest BCUT2D eigenvalue weighted by Gasteiger charge is 2.49. The molecule has 7 rings (SSSR count). The van der Waals surface area contributed by atoms with E-state index in [4.69, 9.17) is 4.74 Å². The summed E-state index contributed by atoms with van der Waals surface area (Å²) in [6.45, 7) is 0.986. The number of carboxylic acids is 1. The zero-order valence-electron chi connectivity index (χ0n) is 30.0. The number of aliphatic carboxylic acids is 1. The second kappa shape index (κ2) is 17.3. The first-order chi connectivity index (χ1) is 25.3. The van der Waals surface area contributed by atoms with Gasteiger partial charge < -0.3 is 30.4 Å². The van der Waals surface area contributed by atoms with Gasteiger partial charge in [0.2, 0.25) is 11.8 Å². The van der Waals surface area contributed by atoms with Crippen molar-refractivity contribution < 1.29 is 29.0 Å². The highest BCUT2D eigenvalue weighted by molar-refractivity contribution is 7.59. The number of rotatable bonds is 10. The lowest BCUT2D eigenvalue weighted by atomic mass is 9.62. The minimum Gasteiger partial charge on any atom is -0.496 e. The Morgan fingerprint density at radius 3 is 2.28 bits per heavy atom. The van der Waals surface area contributed by atoms with Crippen molar-refractivity contribution in [2.24, 2.45) is 0 Å². The topological polar surface area (TPSA) is 141 Å². The van der Waals surface area contributed by atoms with Gasteiger partial charge in [-0.1, -0.05) is 84.9 Å². The Labute approximate surface area is 328 Å². The monoisotopic (exact) mass is 766 g/mol. The number of carbonyl (C=O) groups excluding carboxylic acids is 3. The number of hydrogen-bond acceptors (Lipinski definition) is 5. The van der Waals surface area contributed by atoms with E-state index in [1.807, 2.05) is 89.8 Å². The van der Waals surface area contributed by atoms with Crippen LogP contribution in [0.25, 0.3) is 10.9 Å². The van der Waals surface area contributed by atoms with Crippen LogP contribution in [0.4, 0.5) is 0 Å². The number of aromatic amines is 1. The SMILES string of the molecule is COc1ccccc1C(=O)NC1CCN(C(=O)[C@H]2CC[C@@](C(=O)N[C@@H](Cc3c[nH]c4ccccc34)C(=O)O)(c3ccccc3)c3ccccc32)CC1.S.S. The smallest absolute Gasteiger partial charge is 0.326 e. The van der Waals surface area contributed by atoms with Gasteiger partial charge in [0.05, 0.1) is 24.0 Å². The molecule has 3 amide bonds. The fraction of sp³-hybridized carbons (Fsp3) is 0.286. The summed E-state index contributed by atoms with van der Waals surface area (Å²) in [4.78, 5) is 59.7. The van der Waals surface area contributed by atoms with Crippen molar-refractivity contribution in [3.8, 4) is 5.75 Å². The molecule has 1 fully saturated rings. The van der Waals surface area contributed by atoms with Gasteiger partial charge in [-0.2, -0.15) is 27.0 Å². The van der Waals surface area contributed by atoms with Gasteiger partial charge in [-0.05, 0) is 66.1 Å². The van der Waals surface area contributed by atoms with Crippen LogP contribution in [0.3, 0.4) is 0 Å². The van der Waals surface area contributed by atoms with Gasteiger partial charge in [-0.3, -0.25) is 14.4 Å². The third-order valence-electron chi connectivity index (χ3n) is 10.8. The first kappa shape index (κ1) is 40.0. The maximum absolute atomic E-state index is 14.7. The molecule has 0 spiro atoms. The first-order valence-electron chi connectivity index (χ1n) is 17.8. The minimum atomic E-state index is -1.21. The van der Waals surface area contributed by atoms with Crippen molar-refractivity contribution in [1.29, 1.82) is 0 Å². The van der Waals surface area contributed by atoms with E-state index in [-0.39, 0.29) is 51.3 Å². The van der Waals surface area contributed by atoms with Gasteiger partial charge in [-0.25, -0.2) is 4.79 Å². The molecule has 2 heterocycles. The van der Waals surface area contributed by atoms with E-state index in [1.165, 1.54) is 7.11 Å². The van der Waals surface area contributed by atoms with Gasteiger partial charge >= 0.3 is 5.97 Å². The third kappa shape index (κ3) is 7.72. The lowest BCUT2D eigenvalue weighted by molar-refractivity contribution is -0.142. The molecule has 0 saturated carbocycles. The second-order valence-corrected chi connectivity index (χ2v) is 13.7. The molecule has 282 valence electrons. The van der Waals surface area contributed by atoms with Crippen molar-refractivity contribution in [2.75, 3.05) is 20.2 Å². The summed E-state index contributed by atoms with van der Waals surface area (Å²) in [5.74, 6) is -1.70. The Kier molecular flexibility index (Phi) is 12.8.